The molecule has 0 aliphatic heterocycles. The molecule has 0 atom stereocenters. The van der Waals surface area contributed by atoms with Crippen molar-refractivity contribution in [2.24, 2.45) is 5.73 Å². The molecule has 1 rings (SSSR count). The average Bonchev–Trinajstić information content (AvgIpc) is 2.20. The lowest BCUT2D eigenvalue weighted by Gasteiger charge is -2.10. The maximum absolute atomic E-state index is 11.6. The van der Waals surface area contributed by atoms with Crippen molar-refractivity contribution in [3.8, 4) is 0 Å². The van der Waals surface area contributed by atoms with Crippen molar-refractivity contribution >= 4 is 60.4 Å². The number of benzene rings is 1. The Morgan fingerprint density at radius 2 is 2.00 bits per heavy atom. The van der Waals surface area contributed by atoms with Gasteiger partial charge in [-0.15, -0.1) is 0 Å². The largest absolute Gasteiger partial charge is 0.379 e. The van der Waals surface area contributed by atoms with Gasteiger partial charge in [0, 0.05) is 8.95 Å². The van der Waals surface area contributed by atoms with E-state index in [1.165, 1.54) is 0 Å². The van der Waals surface area contributed by atoms with Crippen LogP contribution in [0.15, 0.2) is 21.1 Å². The molecular weight excluding hydrogens is 370 g/mol. The highest BCUT2D eigenvalue weighted by molar-refractivity contribution is 9.11. The first-order valence-corrected chi connectivity index (χ1v) is 7.19. The van der Waals surface area contributed by atoms with Gasteiger partial charge in [-0.2, -0.15) is 0 Å². The van der Waals surface area contributed by atoms with Gasteiger partial charge in [0.1, 0.15) is 0 Å². The molecule has 0 unspecified atom stereocenters. The van der Waals surface area contributed by atoms with Gasteiger partial charge >= 0.3 is 0 Å². The molecule has 0 spiro atoms. The Bertz CT molecular complexity index is 442. The summed E-state index contributed by atoms with van der Waals surface area (Å²) in [4.78, 5) is 11.6. The van der Waals surface area contributed by atoms with Gasteiger partial charge in [-0.3, -0.25) is 10.2 Å². The van der Waals surface area contributed by atoms with E-state index in [0.717, 1.165) is 26.3 Å². The molecule has 4 nitrogen and oxygen atoms in total. The number of halogens is 2. The number of amides is 1. The zero-order chi connectivity index (χ0) is 13.0. The number of carbonyl (C=O) groups is 1. The summed E-state index contributed by atoms with van der Waals surface area (Å²) >= 11 is 7.77. The molecule has 1 aromatic rings. The highest BCUT2D eigenvalue weighted by Crippen LogP contribution is 2.32. The number of thioether (sulfide) groups is 1. The topological polar surface area (TPSA) is 79.0 Å². The first kappa shape index (κ1) is 14.5. The van der Waals surface area contributed by atoms with Crippen molar-refractivity contribution in [3.05, 3.63) is 26.6 Å². The fourth-order valence-corrected chi connectivity index (χ4v) is 3.11. The van der Waals surface area contributed by atoms with Gasteiger partial charge in [0.2, 0.25) is 5.91 Å². The molecule has 0 aliphatic carbocycles. The van der Waals surface area contributed by atoms with E-state index >= 15 is 0 Å². The predicted molar refractivity (Wildman–Crippen MR) is 79.6 cm³/mol. The molecule has 0 fully saturated rings. The van der Waals surface area contributed by atoms with E-state index in [1.807, 2.05) is 19.1 Å². The SMILES string of the molecule is Cc1cc(Br)c(NC(=O)CSC(=N)N)c(Br)c1. The predicted octanol–water partition coefficient (Wildman–Crippen LogP) is 3.09. The maximum atomic E-state index is 11.6. The molecule has 7 heteroatoms. The van der Waals surface area contributed by atoms with Crippen LogP contribution in [0.3, 0.4) is 0 Å². The van der Waals surface area contributed by atoms with Crippen molar-refractivity contribution in [2.75, 3.05) is 11.1 Å². The molecule has 0 saturated carbocycles. The minimum absolute atomic E-state index is 0.0674. The highest BCUT2D eigenvalue weighted by atomic mass is 79.9. The van der Waals surface area contributed by atoms with Crippen molar-refractivity contribution in [2.45, 2.75) is 6.92 Å². The molecular formula is C10H11Br2N3OS. The quantitative estimate of drug-likeness (QED) is 0.556. The second-order valence-electron chi connectivity index (χ2n) is 3.30. The second kappa shape index (κ2) is 6.42. The lowest BCUT2D eigenvalue weighted by molar-refractivity contribution is -0.113. The van der Waals surface area contributed by atoms with Gasteiger partial charge in [0.05, 0.1) is 11.4 Å². The monoisotopic (exact) mass is 379 g/mol. The van der Waals surface area contributed by atoms with Crippen molar-refractivity contribution in [3.63, 3.8) is 0 Å². The molecule has 0 saturated heterocycles. The number of amidine groups is 1. The van der Waals surface area contributed by atoms with Crippen molar-refractivity contribution < 1.29 is 4.79 Å². The Morgan fingerprint density at radius 3 is 2.47 bits per heavy atom. The number of nitrogens with one attached hydrogen (secondary N) is 2. The van der Waals surface area contributed by atoms with Gasteiger partial charge < -0.3 is 11.1 Å². The summed E-state index contributed by atoms with van der Waals surface area (Å²) in [7, 11) is 0. The van der Waals surface area contributed by atoms with Crippen LogP contribution >= 0.6 is 43.6 Å². The van der Waals surface area contributed by atoms with Crippen LogP contribution in [0.4, 0.5) is 5.69 Å². The first-order chi connectivity index (χ1) is 7.90. The Kier molecular flexibility index (Phi) is 5.48. The number of carbonyl (C=O) groups excluding carboxylic acids is 1. The number of rotatable bonds is 3. The number of nitrogens with two attached hydrogens (primary N) is 1. The van der Waals surface area contributed by atoms with E-state index in [0.29, 0.717) is 5.69 Å². The number of anilines is 1. The zero-order valence-corrected chi connectivity index (χ0v) is 13.0. The summed E-state index contributed by atoms with van der Waals surface area (Å²) < 4.78 is 1.62. The standard InChI is InChI=1S/C10H11Br2N3OS/c1-5-2-6(11)9(7(12)3-5)15-8(16)4-17-10(13)14/h2-3H,4H2,1H3,(H3,13,14)(H,15,16). The first-order valence-electron chi connectivity index (χ1n) is 4.62. The molecule has 4 N–H and O–H groups in total. The van der Waals surface area contributed by atoms with E-state index in [-0.39, 0.29) is 16.8 Å². The lowest BCUT2D eigenvalue weighted by atomic mass is 10.2. The molecule has 0 aliphatic rings. The summed E-state index contributed by atoms with van der Waals surface area (Å²) in [5, 5.41) is 9.71. The molecule has 0 heterocycles. The normalized spacial score (nSPS) is 10.1. The van der Waals surface area contributed by atoms with E-state index < -0.39 is 0 Å². The maximum Gasteiger partial charge on any atom is 0.234 e. The fourth-order valence-electron chi connectivity index (χ4n) is 1.14. The minimum atomic E-state index is -0.199. The van der Waals surface area contributed by atoms with Crippen molar-refractivity contribution in [1.29, 1.82) is 5.41 Å². The number of aryl methyl sites for hydroxylation is 1. The van der Waals surface area contributed by atoms with Gasteiger partial charge in [-0.25, -0.2) is 0 Å². The van der Waals surface area contributed by atoms with Gasteiger partial charge in [-0.1, -0.05) is 11.8 Å². The van der Waals surface area contributed by atoms with E-state index in [2.05, 4.69) is 37.2 Å². The summed E-state index contributed by atoms with van der Waals surface area (Å²) in [5.74, 6) is -0.0716. The van der Waals surface area contributed by atoms with Gasteiger partial charge in [0.15, 0.2) is 5.17 Å². The Morgan fingerprint density at radius 1 is 1.47 bits per heavy atom. The Hall–Kier alpha value is -0.530. The van der Waals surface area contributed by atoms with Crippen LogP contribution in [0.25, 0.3) is 0 Å². The second-order valence-corrected chi connectivity index (χ2v) is 6.03. The summed E-state index contributed by atoms with van der Waals surface area (Å²) in [5.41, 5.74) is 6.93. The molecule has 0 aromatic heterocycles. The molecule has 1 amide bonds. The van der Waals surface area contributed by atoms with Gasteiger partial charge in [-0.05, 0) is 56.5 Å². The van der Waals surface area contributed by atoms with Crippen molar-refractivity contribution in [1.82, 2.24) is 0 Å². The van der Waals surface area contributed by atoms with Crippen LogP contribution in [0.1, 0.15) is 5.56 Å². The van der Waals surface area contributed by atoms with E-state index in [9.17, 15) is 4.79 Å². The van der Waals surface area contributed by atoms with Crippen LogP contribution in [0.5, 0.6) is 0 Å². The third kappa shape index (κ3) is 4.69. The zero-order valence-electron chi connectivity index (χ0n) is 9.01. The Labute approximate surface area is 120 Å². The molecule has 17 heavy (non-hydrogen) atoms. The summed E-state index contributed by atoms with van der Waals surface area (Å²) in [6.45, 7) is 1.97. The summed E-state index contributed by atoms with van der Waals surface area (Å²) in [6.07, 6.45) is 0. The molecule has 1 aromatic carbocycles. The van der Waals surface area contributed by atoms with Crippen LogP contribution < -0.4 is 11.1 Å². The lowest BCUT2D eigenvalue weighted by Crippen LogP contribution is -2.17. The Balaban J connectivity index is 2.75. The third-order valence-electron chi connectivity index (χ3n) is 1.81. The molecule has 92 valence electrons. The highest BCUT2D eigenvalue weighted by Gasteiger charge is 2.10. The summed E-state index contributed by atoms with van der Waals surface area (Å²) in [6, 6.07) is 3.83. The average molecular weight is 381 g/mol. The number of hydrogen-bond acceptors (Lipinski definition) is 3. The molecule has 0 bridgehead atoms. The smallest absolute Gasteiger partial charge is 0.234 e. The third-order valence-corrected chi connectivity index (χ3v) is 3.78. The fraction of sp³-hybridized carbons (Fsp3) is 0.200. The van der Waals surface area contributed by atoms with Crippen LogP contribution in [-0.2, 0) is 4.79 Å². The van der Waals surface area contributed by atoms with Gasteiger partial charge in [0.25, 0.3) is 0 Å². The molecule has 0 radical (unpaired) electrons. The van der Waals surface area contributed by atoms with Crippen LogP contribution in [0.2, 0.25) is 0 Å². The number of hydrogen-bond donors (Lipinski definition) is 3. The van der Waals surface area contributed by atoms with Crippen LogP contribution in [0, 0.1) is 12.3 Å². The van der Waals surface area contributed by atoms with E-state index in [1.54, 1.807) is 0 Å². The van der Waals surface area contributed by atoms with Crippen LogP contribution in [-0.4, -0.2) is 16.8 Å². The minimum Gasteiger partial charge on any atom is -0.379 e. The van der Waals surface area contributed by atoms with E-state index in [4.69, 9.17) is 11.1 Å².